The molecule has 0 radical (unpaired) electrons. The van der Waals surface area contributed by atoms with E-state index in [1.807, 2.05) is 24.3 Å². The first-order valence-electron chi connectivity index (χ1n) is 7.38. The van der Waals surface area contributed by atoms with Crippen molar-refractivity contribution in [3.63, 3.8) is 0 Å². The van der Waals surface area contributed by atoms with Crippen LogP contribution in [0.4, 0.5) is 0 Å². The van der Waals surface area contributed by atoms with E-state index in [1.54, 1.807) is 0 Å². The number of hydrogen-bond donors (Lipinski definition) is 2. The molecule has 0 saturated heterocycles. The van der Waals surface area contributed by atoms with Crippen LogP contribution in [0.3, 0.4) is 0 Å². The maximum Gasteiger partial charge on any atom is 0.258 e. The van der Waals surface area contributed by atoms with Crippen LogP contribution in [0.5, 0.6) is 5.75 Å². The quantitative estimate of drug-likeness (QED) is 0.768. The highest BCUT2D eigenvalue weighted by atomic mass is 16.5. The third-order valence-corrected chi connectivity index (χ3v) is 3.47. The van der Waals surface area contributed by atoms with Gasteiger partial charge in [0.15, 0.2) is 6.61 Å². The predicted molar refractivity (Wildman–Crippen MR) is 81.7 cm³/mol. The number of hydrogen-bond acceptors (Lipinski definition) is 3. The van der Waals surface area contributed by atoms with Gasteiger partial charge in [0, 0.05) is 12.1 Å². The van der Waals surface area contributed by atoms with Gasteiger partial charge in [-0.3, -0.25) is 4.79 Å². The topological polar surface area (TPSA) is 64.3 Å². The van der Waals surface area contributed by atoms with Crippen LogP contribution in [-0.2, 0) is 4.79 Å². The molecule has 0 bridgehead atoms. The van der Waals surface area contributed by atoms with Crippen molar-refractivity contribution in [1.82, 2.24) is 5.32 Å². The van der Waals surface area contributed by atoms with Crippen molar-refractivity contribution in [3.05, 3.63) is 29.8 Å². The number of carbonyl (C=O) groups is 1. The van der Waals surface area contributed by atoms with Crippen LogP contribution in [0, 0.1) is 0 Å². The highest BCUT2D eigenvalue weighted by Crippen LogP contribution is 2.18. The summed E-state index contributed by atoms with van der Waals surface area (Å²) in [5.74, 6) is 0.616. The molecular weight excluding hydrogens is 252 g/mol. The standard InChI is InChI=1S/C16H26N2O2/c1-4-13(5-2)18-16(19)11-20-14-9-7-12(8-10-14)15(17)6-3/h7-10,13,15H,4-6,11,17H2,1-3H3,(H,18,19)/t15-/m1/s1. The van der Waals surface area contributed by atoms with Crippen LogP contribution < -0.4 is 15.8 Å². The number of nitrogens with one attached hydrogen (secondary N) is 1. The summed E-state index contributed by atoms with van der Waals surface area (Å²) < 4.78 is 5.47. The van der Waals surface area contributed by atoms with Gasteiger partial charge in [-0.25, -0.2) is 0 Å². The van der Waals surface area contributed by atoms with Crippen molar-refractivity contribution in [2.45, 2.75) is 52.1 Å². The summed E-state index contributed by atoms with van der Waals surface area (Å²) in [4.78, 5) is 11.7. The first-order valence-corrected chi connectivity index (χ1v) is 7.38. The maximum atomic E-state index is 11.7. The summed E-state index contributed by atoms with van der Waals surface area (Å²) in [6.45, 7) is 6.23. The average molecular weight is 278 g/mol. The first kappa shape index (κ1) is 16.5. The molecule has 0 unspecified atom stereocenters. The Balaban J connectivity index is 2.43. The summed E-state index contributed by atoms with van der Waals surface area (Å²) in [7, 11) is 0. The summed E-state index contributed by atoms with van der Waals surface area (Å²) in [5, 5.41) is 2.94. The fraction of sp³-hybridized carbons (Fsp3) is 0.562. The van der Waals surface area contributed by atoms with Crippen LogP contribution in [0.15, 0.2) is 24.3 Å². The van der Waals surface area contributed by atoms with Gasteiger partial charge < -0.3 is 15.8 Å². The number of benzene rings is 1. The highest BCUT2D eigenvalue weighted by molar-refractivity contribution is 5.77. The molecule has 112 valence electrons. The van der Waals surface area contributed by atoms with E-state index in [1.165, 1.54) is 0 Å². The second-order valence-electron chi connectivity index (χ2n) is 4.95. The lowest BCUT2D eigenvalue weighted by Gasteiger charge is -2.15. The first-order chi connectivity index (χ1) is 9.60. The minimum atomic E-state index is -0.0759. The van der Waals surface area contributed by atoms with E-state index in [-0.39, 0.29) is 24.6 Å². The zero-order valence-corrected chi connectivity index (χ0v) is 12.7. The van der Waals surface area contributed by atoms with Crippen LogP contribution in [0.2, 0.25) is 0 Å². The van der Waals surface area contributed by atoms with E-state index in [2.05, 4.69) is 26.1 Å². The number of carbonyl (C=O) groups excluding carboxylic acids is 1. The number of amides is 1. The molecule has 3 N–H and O–H groups in total. The van der Waals surface area contributed by atoms with E-state index in [0.29, 0.717) is 5.75 Å². The molecule has 0 aromatic heterocycles. The molecule has 1 amide bonds. The summed E-state index contributed by atoms with van der Waals surface area (Å²) >= 11 is 0. The second-order valence-corrected chi connectivity index (χ2v) is 4.95. The normalized spacial score (nSPS) is 12.2. The molecule has 0 aliphatic heterocycles. The number of nitrogens with two attached hydrogens (primary N) is 1. The zero-order chi connectivity index (χ0) is 15.0. The molecule has 1 atom stereocenters. The summed E-state index contributed by atoms with van der Waals surface area (Å²) in [6.07, 6.45) is 2.77. The van der Waals surface area contributed by atoms with Gasteiger partial charge in [-0.15, -0.1) is 0 Å². The van der Waals surface area contributed by atoms with Crippen molar-refractivity contribution in [2.24, 2.45) is 5.73 Å². The fourth-order valence-electron chi connectivity index (χ4n) is 1.96. The van der Waals surface area contributed by atoms with E-state index in [9.17, 15) is 4.79 Å². The molecule has 0 heterocycles. The lowest BCUT2D eigenvalue weighted by Crippen LogP contribution is -2.37. The summed E-state index contributed by atoms with van der Waals surface area (Å²) in [5.41, 5.74) is 7.03. The molecular formula is C16H26N2O2. The molecule has 0 spiro atoms. The lowest BCUT2D eigenvalue weighted by atomic mass is 10.1. The minimum Gasteiger partial charge on any atom is -0.484 e. The number of ether oxygens (including phenoxy) is 1. The molecule has 1 rings (SSSR count). The van der Waals surface area contributed by atoms with Gasteiger partial charge in [-0.2, -0.15) is 0 Å². The zero-order valence-electron chi connectivity index (χ0n) is 12.7. The van der Waals surface area contributed by atoms with Gasteiger partial charge in [-0.05, 0) is 37.0 Å². The Bertz CT molecular complexity index is 399. The SMILES string of the molecule is CCC(CC)NC(=O)COc1ccc([C@H](N)CC)cc1. The monoisotopic (exact) mass is 278 g/mol. The van der Waals surface area contributed by atoms with E-state index in [0.717, 1.165) is 24.8 Å². The lowest BCUT2D eigenvalue weighted by molar-refractivity contribution is -0.123. The molecule has 1 aromatic carbocycles. The van der Waals surface area contributed by atoms with Crippen LogP contribution in [0.1, 0.15) is 51.6 Å². The maximum absolute atomic E-state index is 11.7. The molecule has 0 saturated carbocycles. The predicted octanol–water partition coefficient (Wildman–Crippen LogP) is 2.78. The van der Waals surface area contributed by atoms with Crippen molar-refractivity contribution in [3.8, 4) is 5.75 Å². The third kappa shape index (κ3) is 5.21. The van der Waals surface area contributed by atoms with Gasteiger partial charge >= 0.3 is 0 Å². The fourth-order valence-corrected chi connectivity index (χ4v) is 1.96. The van der Waals surface area contributed by atoms with Gasteiger partial charge in [0.2, 0.25) is 0 Å². The summed E-state index contributed by atoms with van der Waals surface area (Å²) in [6, 6.07) is 7.90. The Labute approximate surface area is 121 Å². The van der Waals surface area contributed by atoms with Crippen LogP contribution in [-0.4, -0.2) is 18.6 Å². The third-order valence-electron chi connectivity index (χ3n) is 3.47. The molecule has 0 fully saturated rings. The van der Waals surface area contributed by atoms with Gasteiger partial charge in [-0.1, -0.05) is 32.9 Å². The van der Waals surface area contributed by atoms with Crippen molar-refractivity contribution < 1.29 is 9.53 Å². The van der Waals surface area contributed by atoms with Crippen LogP contribution >= 0.6 is 0 Å². The molecule has 20 heavy (non-hydrogen) atoms. The highest BCUT2D eigenvalue weighted by Gasteiger charge is 2.09. The number of rotatable bonds is 8. The molecule has 0 aliphatic carbocycles. The average Bonchev–Trinajstić information content (AvgIpc) is 2.50. The van der Waals surface area contributed by atoms with Gasteiger partial charge in [0.05, 0.1) is 0 Å². The van der Waals surface area contributed by atoms with Gasteiger partial charge in [0.1, 0.15) is 5.75 Å². The largest absolute Gasteiger partial charge is 0.484 e. The molecule has 4 nitrogen and oxygen atoms in total. The molecule has 1 aromatic rings. The van der Waals surface area contributed by atoms with E-state index in [4.69, 9.17) is 10.5 Å². The Morgan fingerprint density at radius 3 is 2.25 bits per heavy atom. The van der Waals surface area contributed by atoms with Crippen molar-refractivity contribution >= 4 is 5.91 Å². The van der Waals surface area contributed by atoms with Crippen molar-refractivity contribution in [2.75, 3.05) is 6.61 Å². The Morgan fingerprint density at radius 2 is 1.75 bits per heavy atom. The van der Waals surface area contributed by atoms with Crippen molar-refractivity contribution in [1.29, 1.82) is 0 Å². The van der Waals surface area contributed by atoms with E-state index < -0.39 is 0 Å². The Hall–Kier alpha value is -1.55. The Morgan fingerprint density at radius 1 is 1.15 bits per heavy atom. The minimum absolute atomic E-state index is 0.0513. The molecule has 4 heteroatoms. The Kier molecular flexibility index (Phi) is 7.09. The van der Waals surface area contributed by atoms with Gasteiger partial charge in [0.25, 0.3) is 5.91 Å². The second kappa shape index (κ2) is 8.59. The molecule has 0 aliphatic rings. The van der Waals surface area contributed by atoms with E-state index >= 15 is 0 Å². The van der Waals surface area contributed by atoms with Crippen LogP contribution in [0.25, 0.3) is 0 Å². The smallest absolute Gasteiger partial charge is 0.258 e.